The van der Waals surface area contributed by atoms with Crippen LogP contribution in [0.5, 0.6) is 0 Å². The second-order valence-corrected chi connectivity index (χ2v) is 5.20. The third-order valence-electron chi connectivity index (χ3n) is 3.54. The topological polar surface area (TPSA) is 130 Å². The van der Waals surface area contributed by atoms with Crippen molar-refractivity contribution in [3.05, 3.63) is 58.0 Å². The van der Waals surface area contributed by atoms with Gasteiger partial charge in [0, 0.05) is 29.7 Å². The Labute approximate surface area is 134 Å². The van der Waals surface area contributed by atoms with Gasteiger partial charge in [-0.2, -0.15) is 0 Å². The van der Waals surface area contributed by atoms with Gasteiger partial charge in [0.25, 0.3) is 11.6 Å². The number of hydrogen-bond donors (Lipinski definition) is 3. The maximum atomic E-state index is 12.3. The summed E-state index contributed by atoms with van der Waals surface area (Å²) in [6.45, 7) is 0. The number of nitrogens with one attached hydrogen (secondary N) is 2. The van der Waals surface area contributed by atoms with Crippen LogP contribution >= 0.6 is 0 Å². The molecule has 0 saturated heterocycles. The molecule has 0 aliphatic rings. The lowest BCUT2D eigenvalue weighted by Crippen LogP contribution is -2.15. The number of aryl methyl sites for hydroxylation is 1. The number of nitro groups is 1. The van der Waals surface area contributed by atoms with Crippen molar-refractivity contribution in [2.24, 2.45) is 7.05 Å². The molecule has 0 aliphatic carbocycles. The highest BCUT2D eigenvalue weighted by molar-refractivity contribution is 6.05. The summed E-state index contributed by atoms with van der Waals surface area (Å²) in [7, 11) is 1.54. The molecule has 0 unspecified atom stereocenters. The molecular weight excluding hydrogens is 316 g/mol. The van der Waals surface area contributed by atoms with Crippen molar-refractivity contribution in [3.8, 4) is 0 Å². The first-order valence-electron chi connectivity index (χ1n) is 6.83. The molecule has 3 rings (SSSR count). The van der Waals surface area contributed by atoms with E-state index in [9.17, 15) is 19.7 Å². The van der Waals surface area contributed by atoms with Crippen LogP contribution in [0.3, 0.4) is 0 Å². The minimum atomic E-state index is -1.08. The second kappa shape index (κ2) is 5.54. The van der Waals surface area contributed by atoms with E-state index in [2.05, 4.69) is 10.3 Å². The summed E-state index contributed by atoms with van der Waals surface area (Å²) in [5.74, 6) is -1.58. The van der Waals surface area contributed by atoms with Crippen LogP contribution in [-0.2, 0) is 7.05 Å². The summed E-state index contributed by atoms with van der Waals surface area (Å²) in [4.78, 5) is 36.1. The molecule has 24 heavy (non-hydrogen) atoms. The highest BCUT2D eigenvalue weighted by atomic mass is 16.6. The molecule has 2 aromatic heterocycles. The van der Waals surface area contributed by atoms with E-state index < -0.39 is 16.8 Å². The fourth-order valence-corrected chi connectivity index (χ4v) is 2.39. The number of anilines is 1. The van der Waals surface area contributed by atoms with Crippen LogP contribution in [0.1, 0.15) is 21.0 Å². The Bertz CT molecular complexity index is 985. The summed E-state index contributed by atoms with van der Waals surface area (Å²) in [5, 5.41) is 23.1. The Morgan fingerprint density at radius 1 is 1.29 bits per heavy atom. The Morgan fingerprint density at radius 3 is 2.67 bits per heavy atom. The molecule has 1 aromatic carbocycles. The van der Waals surface area contributed by atoms with E-state index in [4.69, 9.17) is 5.11 Å². The normalized spacial score (nSPS) is 10.7. The molecule has 9 nitrogen and oxygen atoms in total. The van der Waals surface area contributed by atoms with Gasteiger partial charge in [0.05, 0.1) is 11.1 Å². The molecule has 0 bridgehead atoms. The average molecular weight is 328 g/mol. The molecule has 3 N–H and O–H groups in total. The average Bonchev–Trinajstić information content (AvgIpc) is 3.10. The standard InChI is InChI=1S/C15H12N4O5/c1-18-7-10(19(23)24)6-13(18)14(20)16-9-3-2-8-4-12(15(21)22)17-11(8)5-9/h2-7,17H,1H3,(H,16,20)(H,21,22). The number of amides is 1. The van der Waals surface area contributed by atoms with Gasteiger partial charge in [-0.15, -0.1) is 0 Å². The number of H-pyrrole nitrogens is 1. The molecule has 0 radical (unpaired) electrons. The van der Waals surface area contributed by atoms with E-state index in [1.54, 1.807) is 18.2 Å². The van der Waals surface area contributed by atoms with Gasteiger partial charge in [-0.3, -0.25) is 14.9 Å². The Morgan fingerprint density at radius 2 is 2.04 bits per heavy atom. The number of nitrogens with zero attached hydrogens (tertiary/aromatic N) is 2. The molecule has 122 valence electrons. The van der Waals surface area contributed by atoms with Crippen LogP contribution in [0.4, 0.5) is 11.4 Å². The third-order valence-corrected chi connectivity index (χ3v) is 3.54. The molecule has 0 saturated carbocycles. The van der Waals surface area contributed by atoms with Crippen LogP contribution in [0.15, 0.2) is 36.5 Å². The van der Waals surface area contributed by atoms with Gasteiger partial charge in [-0.05, 0) is 18.2 Å². The number of aromatic carboxylic acids is 1. The molecule has 9 heteroatoms. The molecule has 0 aliphatic heterocycles. The zero-order chi connectivity index (χ0) is 17.4. The van der Waals surface area contributed by atoms with Crippen molar-refractivity contribution in [2.75, 3.05) is 5.32 Å². The number of hydrogen-bond acceptors (Lipinski definition) is 4. The Hall–Kier alpha value is -3.62. The first-order chi connectivity index (χ1) is 11.3. The first kappa shape index (κ1) is 15.3. The Balaban J connectivity index is 1.87. The van der Waals surface area contributed by atoms with Crippen molar-refractivity contribution < 1.29 is 19.6 Å². The Kier molecular flexibility index (Phi) is 3.53. The summed E-state index contributed by atoms with van der Waals surface area (Å²) in [6.07, 6.45) is 1.25. The third kappa shape index (κ3) is 2.70. The number of carbonyl (C=O) groups is 2. The smallest absolute Gasteiger partial charge is 0.352 e. The zero-order valence-electron chi connectivity index (χ0n) is 12.4. The number of carbonyl (C=O) groups excluding carboxylic acids is 1. The number of carboxylic acid groups (broad SMARTS) is 1. The fourth-order valence-electron chi connectivity index (χ4n) is 2.39. The van der Waals surface area contributed by atoms with Gasteiger partial charge in [0.2, 0.25) is 0 Å². The van der Waals surface area contributed by atoms with Crippen LogP contribution < -0.4 is 5.32 Å². The van der Waals surface area contributed by atoms with Crippen LogP contribution in [0, 0.1) is 10.1 Å². The summed E-state index contributed by atoms with van der Waals surface area (Å²) in [5.41, 5.74) is 1.01. The van der Waals surface area contributed by atoms with Gasteiger partial charge >= 0.3 is 5.97 Å². The van der Waals surface area contributed by atoms with Gasteiger partial charge in [-0.25, -0.2) is 4.79 Å². The van der Waals surface area contributed by atoms with E-state index in [0.29, 0.717) is 16.6 Å². The van der Waals surface area contributed by atoms with E-state index in [1.165, 1.54) is 29.9 Å². The van der Waals surface area contributed by atoms with Crippen molar-refractivity contribution >= 4 is 34.2 Å². The molecule has 0 fully saturated rings. The first-order valence-corrected chi connectivity index (χ1v) is 6.83. The largest absolute Gasteiger partial charge is 0.477 e. The predicted molar refractivity (Wildman–Crippen MR) is 85.3 cm³/mol. The van der Waals surface area contributed by atoms with Crippen molar-refractivity contribution in [1.82, 2.24) is 9.55 Å². The highest BCUT2D eigenvalue weighted by Crippen LogP contribution is 2.21. The second-order valence-electron chi connectivity index (χ2n) is 5.20. The van der Waals surface area contributed by atoms with E-state index in [-0.39, 0.29) is 17.1 Å². The molecule has 0 atom stereocenters. The zero-order valence-corrected chi connectivity index (χ0v) is 12.4. The van der Waals surface area contributed by atoms with Crippen molar-refractivity contribution in [3.63, 3.8) is 0 Å². The molecule has 0 spiro atoms. The number of benzene rings is 1. The highest BCUT2D eigenvalue weighted by Gasteiger charge is 2.18. The molecule has 2 heterocycles. The van der Waals surface area contributed by atoms with Gasteiger partial charge in [0.1, 0.15) is 11.4 Å². The lowest BCUT2D eigenvalue weighted by molar-refractivity contribution is -0.384. The van der Waals surface area contributed by atoms with E-state index in [0.717, 1.165) is 0 Å². The summed E-state index contributed by atoms with van der Waals surface area (Å²) >= 11 is 0. The minimum Gasteiger partial charge on any atom is -0.477 e. The predicted octanol–water partition coefficient (Wildman–Crippen LogP) is 2.37. The summed E-state index contributed by atoms with van der Waals surface area (Å²) < 4.78 is 1.36. The number of aromatic amines is 1. The monoisotopic (exact) mass is 328 g/mol. The molecular formula is C15H12N4O5. The van der Waals surface area contributed by atoms with E-state index >= 15 is 0 Å². The molecule has 1 amide bonds. The number of rotatable bonds is 4. The van der Waals surface area contributed by atoms with Crippen molar-refractivity contribution in [2.45, 2.75) is 0 Å². The van der Waals surface area contributed by atoms with E-state index in [1.807, 2.05) is 0 Å². The van der Waals surface area contributed by atoms with Crippen LogP contribution in [0.2, 0.25) is 0 Å². The van der Waals surface area contributed by atoms with Gasteiger partial charge < -0.3 is 20.0 Å². The molecule has 3 aromatic rings. The maximum Gasteiger partial charge on any atom is 0.352 e. The number of aromatic nitrogens is 2. The lowest BCUT2D eigenvalue weighted by Gasteiger charge is -2.05. The van der Waals surface area contributed by atoms with Crippen LogP contribution in [0.25, 0.3) is 10.9 Å². The van der Waals surface area contributed by atoms with Crippen LogP contribution in [-0.4, -0.2) is 31.5 Å². The maximum absolute atomic E-state index is 12.3. The summed E-state index contributed by atoms with van der Waals surface area (Å²) in [6, 6.07) is 7.56. The number of fused-ring (bicyclic) bond motifs is 1. The number of carboxylic acids is 1. The lowest BCUT2D eigenvalue weighted by atomic mass is 10.2. The van der Waals surface area contributed by atoms with Gasteiger partial charge in [-0.1, -0.05) is 6.07 Å². The van der Waals surface area contributed by atoms with Gasteiger partial charge in [0.15, 0.2) is 0 Å². The quantitative estimate of drug-likeness (QED) is 0.500. The fraction of sp³-hybridized carbons (Fsp3) is 0.0667. The van der Waals surface area contributed by atoms with Crippen molar-refractivity contribution in [1.29, 1.82) is 0 Å². The SMILES string of the molecule is Cn1cc([N+](=O)[O-])cc1C(=O)Nc1ccc2cc(C(=O)O)[nH]c2c1. The minimum absolute atomic E-state index is 0.0477.